The number of hydrogen-bond donors (Lipinski definition) is 0. The first-order chi connectivity index (χ1) is 10.6. The molecule has 0 amide bonds. The molecule has 1 aliphatic heterocycles. The molecule has 2 heterocycles. The maximum Gasteiger partial charge on any atom is 0.315 e. The number of nitrogens with zero attached hydrogens (tertiary/aromatic N) is 1. The number of carbonyl (C=O) groups excluding carboxylic acids is 2. The molecular formula is C18H19NO3. The van der Waals surface area contributed by atoms with Crippen molar-refractivity contribution in [1.82, 2.24) is 4.57 Å². The average molecular weight is 297 g/mol. The lowest BCUT2D eigenvalue weighted by Crippen LogP contribution is -2.18. The normalized spacial score (nSPS) is 16.6. The number of ether oxygens (including phenoxy) is 1. The van der Waals surface area contributed by atoms with Crippen molar-refractivity contribution in [1.29, 1.82) is 0 Å². The van der Waals surface area contributed by atoms with Crippen LogP contribution in [0, 0.1) is 0 Å². The number of esters is 1. The molecular weight excluding hydrogens is 278 g/mol. The molecule has 3 rings (SSSR count). The van der Waals surface area contributed by atoms with Crippen LogP contribution in [0.5, 0.6) is 0 Å². The third-order valence-corrected chi connectivity index (χ3v) is 3.92. The van der Waals surface area contributed by atoms with Crippen LogP contribution in [0.2, 0.25) is 0 Å². The fourth-order valence-electron chi connectivity index (χ4n) is 2.93. The van der Waals surface area contributed by atoms with Crippen molar-refractivity contribution in [2.75, 3.05) is 0 Å². The van der Waals surface area contributed by atoms with Crippen molar-refractivity contribution < 1.29 is 14.3 Å². The van der Waals surface area contributed by atoms with Crippen LogP contribution in [0.15, 0.2) is 42.5 Å². The Morgan fingerprint density at radius 2 is 1.86 bits per heavy atom. The van der Waals surface area contributed by atoms with E-state index in [0.717, 1.165) is 5.69 Å². The number of aromatic nitrogens is 1. The molecule has 0 unspecified atom stereocenters. The molecule has 1 atom stereocenters. The smallest absolute Gasteiger partial charge is 0.315 e. The Bertz CT molecular complexity index is 700. The van der Waals surface area contributed by atoms with E-state index < -0.39 is 0 Å². The lowest BCUT2D eigenvalue weighted by Gasteiger charge is -2.12. The number of fused-ring (bicyclic) bond motifs is 1. The second kappa shape index (κ2) is 5.79. The van der Waals surface area contributed by atoms with E-state index in [9.17, 15) is 9.59 Å². The summed E-state index contributed by atoms with van der Waals surface area (Å²) in [6.07, 6.45) is 0.568. The predicted molar refractivity (Wildman–Crippen MR) is 82.9 cm³/mol. The number of benzene rings is 1. The van der Waals surface area contributed by atoms with Gasteiger partial charge in [-0.25, -0.2) is 0 Å². The van der Waals surface area contributed by atoms with Crippen LogP contribution < -0.4 is 0 Å². The molecule has 0 N–H and O–H groups in total. The largest absolute Gasteiger partial charge is 0.462 e. The minimum absolute atomic E-state index is 0.00951. The minimum Gasteiger partial charge on any atom is -0.462 e. The van der Waals surface area contributed by atoms with E-state index >= 15 is 0 Å². The minimum atomic E-state index is -0.264. The summed E-state index contributed by atoms with van der Waals surface area (Å²) in [7, 11) is 0. The van der Waals surface area contributed by atoms with Crippen LogP contribution >= 0.6 is 0 Å². The third kappa shape index (κ3) is 2.56. The topological polar surface area (TPSA) is 48.3 Å². The second-order valence-corrected chi connectivity index (χ2v) is 5.82. The van der Waals surface area contributed by atoms with Crippen LogP contribution in [0.25, 0.3) is 0 Å². The first-order valence-electron chi connectivity index (χ1n) is 7.57. The maximum atomic E-state index is 12.6. The van der Waals surface area contributed by atoms with E-state index in [-0.39, 0.29) is 23.8 Å². The Morgan fingerprint density at radius 3 is 2.55 bits per heavy atom. The summed E-state index contributed by atoms with van der Waals surface area (Å²) in [5.41, 5.74) is 2.18. The third-order valence-electron chi connectivity index (χ3n) is 3.92. The molecule has 4 heteroatoms. The van der Waals surface area contributed by atoms with Crippen molar-refractivity contribution in [2.24, 2.45) is 0 Å². The SMILES string of the molecule is CC(C)OC(=O)[C@@H]1CCn2c(C(=O)c3ccccc3)ccc21. The van der Waals surface area contributed by atoms with Crippen LogP contribution in [-0.2, 0) is 16.1 Å². The fourth-order valence-corrected chi connectivity index (χ4v) is 2.93. The number of carbonyl (C=O) groups is 2. The van der Waals surface area contributed by atoms with Gasteiger partial charge in [-0.2, -0.15) is 0 Å². The lowest BCUT2D eigenvalue weighted by atomic mass is 10.1. The van der Waals surface area contributed by atoms with Gasteiger partial charge in [0, 0.05) is 17.8 Å². The second-order valence-electron chi connectivity index (χ2n) is 5.82. The van der Waals surface area contributed by atoms with Crippen molar-refractivity contribution in [3.63, 3.8) is 0 Å². The first kappa shape index (κ1) is 14.6. The molecule has 1 aromatic carbocycles. The molecule has 1 aliphatic rings. The highest BCUT2D eigenvalue weighted by Gasteiger charge is 2.33. The zero-order valence-corrected chi connectivity index (χ0v) is 12.8. The van der Waals surface area contributed by atoms with Gasteiger partial charge < -0.3 is 9.30 Å². The quantitative estimate of drug-likeness (QED) is 0.643. The molecule has 0 saturated carbocycles. The lowest BCUT2D eigenvalue weighted by molar-refractivity contribution is -0.149. The summed E-state index contributed by atoms with van der Waals surface area (Å²) in [4.78, 5) is 24.7. The molecule has 0 fully saturated rings. The molecule has 2 aromatic rings. The molecule has 0 bridgehead atoms. The van der Waals surface area contributed by atoms with Gasteiger partial charge in [-0.3, -0.25) is 9.59 Å². The monoisotopic (exact) mass is 297 g/mol. The van der Waals surface area contributed by atoms with Gasteiger partial charge in [0.1, 0.15) is 0 Å². The zero-order chi connectivity index (χ0) is 15.7. The molecule has 114 valence electrons. The molecule has 0 radical (unpaired) electrons. The molecule has 22 heavy (non-hydrogen) atoms. The van der Waals surface area contributed by atoms with Crippen molar-refractivity contribution in [3.05, 3.63) is 59.4 Å². The average Bonchev–Trinajstić information content (AvgIpc) is 3.08. The van der Waals surface area contributed by atoms with Crippen molar-refractivity contribution >= 4 is 11.8 Å². The van der Waals surface area contributed by atoms with Crippen LogP contribution in [-0.4, -0.2) is 22.4 Å². The summed E-state index contributed by atoms with van der Waals surface area (Å²) in [5.74, 6) is -0.477. The van der Waals surface area contributed by atoms with E-state index in [1.807, 2.05) is 54.8 Å². The van der Waals surface area contributed by atoms with E-state index in [4.69, 9.17) is 4.74 Å². The Kier molecular flexibility index (Phi) is 3.84. The van der Waals surface area contributed by atoms with Gasteiger partial charge in [-0.05, 0) is 32.4 Å². The number of rotatable bonds is 4. The summed E-state index contributed by atoms with van der Waals surface area (Å²) < 4.78 is 7.25. The standard InChI is InChI=1S/C18H19NO3/c1-12(2)22-18(21)14-10-11-19-15(14)8-9-16(19)17(20)13-6-4-3-5-7-13/h3-9,12,14H,10-11H2,1-2H3/t14-/m1/s1. The highest BCUT2D eigenvalue weighted by Crippen LogP contribution is 2.32. The molecule has 0 saturated heterocycles. The van der Waals surface area contributed by atoms with E-state index in [2.05, 4.69) is 0 Å². The van der Waals surface area contributed by atoms with E-state index in [1.165, 1.54) is 0 Å². The molecule has 1 aromatic heterocycles. The van der Waals surface area contributed by atoms with Gasteiger partial charge in [-0.1, -0.05) is 30.3 Å². The van der Waals surface area contributed by atoms with Crippen molar-refractivity contribution in [2.45, 2.75) is 38.8 Å². The summed E-state index contributed by atoms with van der Waals surface area (Å²) >= 11 is 0. The molecule has 4 nitrogen and oxygen atoms in total. The van der Waals surface area contributed by atoms with Gasteiger partial charge in [0.25, 0.3) is 0 Å². The van der Waals surface area contributed by atoms with Gasteiger partial charge in [-0.15, -0.1) is 0 Å². The molecule has 0 aliphatic carbocycles. The number of ketones is 1. The van der Waals surface area contributed by atoms with Gasteiger partial charge >= 0.3 is 5.97 Å². The van der Waals surface area contributed by atoms with Crippen LogP contribution in [0.4, 0.5) is 0 Å². The fraction of sp³-hybridized carbons (Fsp3) is 0.333. The van der Waals surface area contributed by atoms with E-state index in [0.29, 0.717) is 24.2 Å². The van der Waals surface area contributed by atoms with Crippen molar-refractivity contribution in [3.8, 4) is 0 Å². The summed E-state index contributed by atoms with van der Waals surface area (Å²) in [5, 5.41) is 0. The van der Waals surface area contributed by atoms with Gasteiger partial charge in [0.15, 0.2) is 0 Å². The summed E-state index contributed by atoms with van der Waals surface area (Å²) in [6, 6.07) is 12.9. The Balaban J connectivity index is 1.87. The highest BCUT2D eigenvalue weighted by atomic mass is 16.5. The van der Waals surface area contributed by atoms with E-state index in [1.54, 1.807) is 6.07 Å². The van der Waals surface area contributed by atoms with Gasteiger partial charge in [0.2, 0.25) is 5.78 Å². The summed E-state index contributed by atoms with van der Waals surface area (Å²) in [6.45, 7) is 4.36. The Labute approximate surface area is 129 Å². The highest BCUT2D eigenvalue weighted by molar-refractivity contribution is 6.08. The maximum absolute atomic E-state index is 12.6. The van der Waals surface area contributed by atoms with Crippen LogP contribution in [0.3, 0.4) is 0 Å². The van der Waals surface area contributed by atoms with Crippen LogP contribution in [0.1, 0.15) is 47.9 Å². The first-order valence-corrected chi connectivity index (χ1v) is 7.57. The Morgan fingerprint density at radius 1 is 1.14 bits per heavy atom. The molecule has 0 spiro atoms. The van der Waals surface area contributed by atoms with Gasteiger partial charge in [0.05, 0.1) is 17.7 Å². The Hall–Kier alpha value is -2.36. The predicted octanol–water partition coefficient (Wildman–Crippen LogP) is 3.16. The number of hydrogen-bond acceptors (Lipinski definition) is 3. The zero-order valence-electron chi connectivity index (χ0n) is 12.8.